The Hall–Kier alpha value is -0.950. The molecule has 6 heteroatoms. The van der Waals surface area contributed by atoms with E-state index in [1.807, 2.05) is 20.0 Å². The van der Waals surface area contributed by atoms with Gasteiger partial charge in [-0.25, -0.2) is 13.1 Å². The molecule has 0 bridgehead atoms. The SMILES string of the molecule is CCNCc1cccc(S(=O)(=O)NCC2CCCN2C)c1. The lowest BCUT2D eigenvalue weighted by atomic mass is 10.2. The summed E-state index contributed by atoms with van der Waals surface area (Å²) in [7, 11) is -1.38. The van der Waals surface area contributed by atoms with Crippen LogP contribution in [0.1, 0.15) is 25.3 Å². The van der Waals surface area contributed by atoms with Gasteiger partial charge in [0.2, 0.25) is 10.0 Å². The summed E-state index contributed by atoms with van der Waals surface area (Å²) in [5.41, 5.74) is 0.984. The number of sulfonamides is 1. The highest BCUT2D eigenvalue weighted by Gasteiger charge is 2.23. The zero-order valence-electron chi connectivity index (χ0n) is 12.8. The minimum absolute atomic E-state index is 0.310. The van der Waals surface area contributed by atoms with Crippen molar-refractivity contribution >= 4 is 10.0 Å². The maximum atomic E-state index is 12.4. The van der Waals surface area contributed by atoms with Crippen molar-refractivity contribution in [1.29, 1.82) is 0 Å². The Bertz CT molecular complexity index is 560. The van der Waals surface area contributed by atoms with Crippen LogP contribution in [0, 0.1) is 0 Å². The van der Waals surface area contributed by atoms with Crippen LogP contribution in [0.25, 0.3) is 0 Å². The van der Waals surface area contributed by atoms with Crippen LogP contribution in [-0.4, -0.2) is 46.0 Å². The van der Waals surface area contributed by atoms with Crippen LogP contribution in [-0.2, 0) is 16.6 Å². The molecule has 1 fully saturated rings. The minimum Gasteiger partial charge on any atom is -0.313 e. The number of benzene rings is 1. The Morgan fingerprint density at radius 3 is 2.86 bits per heavy atom. The molecule has 1 aliphatic heterocycles. The van der Waals surface area contributed by atoms with Crippen molar-refractivity contribution in [2.75, 3.05) is 26.7 Å². The van der Waals surface area contributed by atoms with Crippen molar-refractivity contribution < 1.29 is 8.42 Å². The topological polar surface area (TPSA) is 61.4 Å². The van der Waals surface area contributed by atoms with Gasteiger partial charge in [-0.1, -0.05) is 19.1 Å². The number of hydrogen-bond acceptors (Lipinski definition) is 4. The fourth-order valence-corrected chi connectivity index (χ4v) is 3.76. The van der Waals surface area contributed by atoms with Crippen LogP contribution >= 0.6 is 0 Å². The van der Waals surface area contributed by atoms with E-state index in [0.29, 0.717) is 24.0 Å². The average molecular weight is 311 g/mol. The molecule has 0 aromatic heterocycles. The first-order chi connectivity index (χ1) is 10.0. The molecule has 1 heterocycles. The van der Waals surface area contributed by atoms with Crippen molar-refractivity contribution in [2.45, 2.75) is 37.2 Å². The van der Waals surface area contributed by atoms with Gasteiger partial charge in [0.05, 0.1) is 4.90 Å². The standard InChI is InChI=1S/C15H25N3O2S/c1-3-16-11-13-6-4-8-15(10-13)21(19,20)17-12-14-7-5-9-18(14)2/h4,6,8,10,14,16-17H,3,5,7,9,11-12H2,1-2H3. The summed E-state index contributed by atoms with van der Waals surface area (Å²) in [5, 5.41) is 3.20. The molecule has 0 amide bonds. The molecule has 1 aliphatic rings. The molecule has 1 saturated heterocycles. The fourth-order valence-electron chi connectivity index (χ4n) is 2.62. The van der Waals surface area contributed by atoms with Crippen molar-refractivity contribution in [3.63, 3.8) is 0 Å². The summed E-state index contributed by atoms with van der Waals surface area (Å²) in [6, 6.07) is 7.43. The van der Waals surface area contributed by atoms with Gasteiger partial charge in [0.1, 0.15) is 0 Å². The summed E-state index contributed by atoms with van der Waals surface area (Å²) in [6.45, 7) is 5.11. The Kier molecular flexibility index (Phi) is 5.75. The van der Waals surface area contributed by atoms with Gasteiger partial charge in [-0.05, 0) is 50.7 Å². The molecule has 1 aromatic carbocycles. The Morgan fingerprint density at radius 1 is 1.38 bits per heavy atom. The maximum absolute atomic E-state index is 12.4. The molecule has 1 unspecified atom stereocenters. The second-order valence-corrected chi connectivity index (χ2v) is 7.32. The highest BCUT2D eigenvalue weighted by atomic mass is 32.2. The van der Waals surface area contributed by atoms with Gasteiger partial charge in [0, 0.05) is 19.1 Å². The quantitative estimate of drug-likeness (QED) is 0.793. The molecule has 1 atom stereocenters. The number of hydrogen-bond donors (Lipinski definition) is 2. The van der Waals surface area contributed by atoms with E-state index in [1.165, 1.54) is 0 Å². The predicted octanol–water partition coefficient (Wildman–Crippen LogP) is 1.17. The Balaban J connectivity index is 2.01. The minimum atomic E-state index is -3.42. The van der Waals surface area contributed by atoms with Crippen molar-refractivity contribution in [3.05, 3.63) is 29.8 Å². The van der Waals surface area contributed by atoms with Crippen LogP contribution < -0.4 is 10.0 Å². The van der Waals surface area contributed by atoms with Gasteiger partial charge in [-0.3, -0.25) is 0 Å². The lowest BCUT2D eigenvalue weighted by molar-refractivity contribution is 0.311. The van der Waals surface area contributed by atoms with E-state index in [2.05, 4.69) is 14.9 Å². The summed E-state index contributed by atoms with van der Waals surface area (Å²) >= 11 is 0. The highest BCUT2D eigenvalue weighted by molar-refractivity contribution is 7.89. The zero-order valence-corrected chi connectivity index (χ0v) is 13.6. The van der Waals surface area contributed by atoms with Crippen LogP contribution in [0.5, 0.6) is 0 Å². The zero-order chi connectivity index (χ0) is 15.3. The van der Waals surface area contributed by atoms with Crippen molar-refractivity contribution in [2.24, 2.45) is 0 Å². The summed E-state index contributed by atoms with van der Waals surface area (Å²) in [4.78, 5) is 2.56. The number of rotatable bonds is 7. The van der Waals surface area contributed by atoms with E-state index in [4.69, 9.17) is 0 Å². The largest absolute Gasteiger partial charge is 0.313 e. The lowest BCUT2D eigenvalue weighted by Gasteiger charge is -2.19. The van der Waals surface area contributed by atoms with Gasteiger partial charge in [-0.15, -0.1) is 0 Å². The summed E-state index contributed by atoms with van der Waals surface area (Å²) in [6.07, 6.45) is 2.19. The molecular formula is C15H25N3O2S. The Morgan fingerprint density at radius 2 is 2.19 bits per heavy atom. The number of nitrogens with one attached hydrogen (secondary N) is 2. The first-order valence-corrected chi connectivity index (χ1v) is 9.01. The second-order valence-electron chi connectivity index (χ2n) is 5.56. The molecule has 5 nitrogen and oxygen atoms in total. The van der Waals surface area contributed by atoms with Gasteiger partial charge >= 0.3 is 0 Å². The molecule has 2 rings (SSSR count). The molecule has 21 heavy (non-hydrogen) atoms. The van der Waals surface area contributed by atoms with Gasteiger partial charge in [-0.2, -0.15) is 0 Å². The van der Waals surface area contributed by atoms with E-state index in [9.17, 15) is 8.42 Å². The first-order valence-electron chi connectivity index (χ1n) is 7.52. The van der Waals surface area contributed by atoms with Crippen molar-refractivity contribution in [3.8, 4) is 0 Å². The summed E-state index contributed by atoms with van der Waals surface area (Å²) in [5.74, 6) is 0. The third-order valence-corrected chi connectivity index (χ3v) is 5.39. The molecule has 0 spiro atoms. The normalized spacial score (nSPS) is 20.0. The van der Waals surface area contributed by atoms with E-state index < -0.39 is 10.0 Å². The third-order valence-electron chi connectivity index (χ3n) is 3.97. The Labute approximate surface area is 127 Å². The molecule has 118 valence electrons. The highest BCUT2D eigenvalue weighted by Crippen LogP contribution is 2.16. The maximum Gasteiger partial charge on any atom is 0.240 e. The fraction of sp³-hybridized carbons (Fsp3) is 0.600. The van der Waals surface area contributed by atoms with E-state index in [-0.39, 0.29) is 0 Å². The van der Waals surface area contributed by atoms with Crippen LogP contribution in [0.2, 0.25) is 0 Å². The smallest absolute Gasteiger partial charge is 0.240 e. The molecular weight excluding hydrogens is 286 g/mol. The van der Waals surface area contributed by atoms with Crippen LogP contribution in [0.3, 0.4) is 0 Å². The van der Waals surface area contributed by atoms with Crippen LogP contribution in [0.15, 0.2) is 29.2 Å². The first kappa shape index (κ1) is 16.4. The number of likely N-dealkylation sites (N-methyl/N-ethyl adjacent to an activating group) is 1. The lowest BCUT2D eigenvalue weighted by Crippen LogP contribution is -2.38. The van der Waals surface area contributed by atoms with Crippen molar-refractivity contribution in [1.82, 2.24) is 14.9 Å². The molecule has 0 saturated carbocycles. The molecule has 0 aliphatic carbocycles. The molecule has 2 N–H and O–H groups in total. The number of likely N-dealkylation sites (tertiary alicyclic amines) is 1. The van der Waals surface area contributed by atoms with E-state index in [1.54, 1.807) is 18.2 Å². The van der Waals surface area contributed by atoms with Gasteiger partial charge in [0.25, 0.3) is 0 Å². The van der Waals surface area contributed by atoms with Gasteiger partial charge < -0.3 is 10.2 Å². The number of nitrogens with zero attached hydrogens (tertiary/aromatic N) is 1. The summed E-state index contributed by atoms with van der Waals surface area (Å²) < 4.78 is 27.5. The van der Waals surface area contributed by atoms with E-state index in [0.717, 1.165) is 31.5 Å². The second kappa shape index (κ2) is 7.35. The molecule has 0 radical (unpaired) electrons. The monoisotopic (exact) mass is 311 g/mol. The molecule has 1 aromatic rings. The van der Waals surface area contributed by atoms with Crippen LogP contribution in [0.4, 0.5) is 0 Å². The third kappa shape index (κ3) is 4.51. The average Bonchev–Trinajstić information content (AvgIpc) is 2.89. The van der Waals surface area contributed by atoms with Gasteiger partial charge in [0.15, 0.2) is 0 Å². The predicted molar refractivity (Wildman–Crippen MR) is 84.7 cm³/mol. The van der Waals surface area contributed by atoms with E-state index >= 15 is 0 Å².